The number of nitrogens with one attached hydrogen (secondary N) is 2. The normalized spacial score (nSPS) is 17.1. The predicted octanol–water partition coefficient (Wildman–Crippen LogP) is 1.63. The second-order valence-corrected chi connectivity index (χ2v) is 5.84. The number of ether oxygens (including phenoxy) is 2. The Morgan fingerprint density at radius 2 is 2.17 bits per heavy atom. The number of H-pyrrole nitrogens is 1. The molecule has 0 bridgehead atoms. The summed E-state index contributed by atoms with van der Waals surface area (Å²) in [6.45, 7) is 6.12. The SMILES string of the molecule is COc1ccc2cc(C(=O)NCC(C)N3CCOCC3)[nH]c2c1. The van der Waals surface area contributed by atoms with Gasteiger partial charge in [-0.25, -0.2) is 0 Å². The number of hydrogen-bond acceptors (Lipinski definition) is 4. The summed E-state index contributed by atoms with van der Waals surface area (Å²) < 4.78 is 10.6. The van der Waals surface area contributed by atoms with Crippen molar-refractivity contribution in [3.05, 3.63) is 30.0 Å². The second-order valence-electron chi connectivity index (χ2n) is 5.84. The number of methoxy groups -OCH3 is 1. The van der Waals surface area contributed by atoms with Crippen LogP contribution in [0, 0.1) is 0 Å². The van der Waals surface area contributed by atoms with E-state index in [1.807, 2.05) is 24.3 Å². The van der Waals surface area contributed by atoms with Crippen molar-refractivity contribution in [2.45, 2.75) is 13.0 Å². The van der Waals surface area contributed by atoms with Gasteiger partial charge in [0.15, 0.2) is 0 Å². The first-order valence-electron chi connectivity index (χ1n) is 7.94. The Morgan fingerprint density at radius 3 is 2.91 bits per heavy atom. The van der Waals surface area contributed by atoms with Gasteiger partial charge in [-0.2, -0.15) is 0 Å². The van der Waals surface area contributed by atoms with Crippen LogP contribution in [-0.4, -0.2) is 61.8 Å². The number of nitrogens with zero attached hydrogens (tertiary/aromatic N) is 1. The number of morpholine rings is 1. The molecule has 0 spiro atoms. The highest BCUT2D eigenvalue weighted by atomic mass is 16.5. The van der Waals surface area contributed by atoms with Gasteiger partial charge in [-0.15, -0.1) is 0 Å². The predicted molar refractivity (Wildman–Crippen MR) is 89.0 cm³/mol. The topological polar surface area (TPSA) is 66.6 Å². The fourth-order valence-corrected chi connectivity index (χ4v) is 2.84. The number of fused-ring (bicyclic) bond motifs is 1. The quantitative estimate of drug-likeness (QED) is 0.879. The first kappa shape index (κ1) is 15.8. The first-order chi connectivity index (χ1) is 11.2. The van der Waals surface area contributed by atoms with Crippen LogP contribution < -0.4 is 10.1 Å². The molecule has 1 aliphatic heterocycles. The highest BCUT2D eigenvalue weighted by Gasteiger charge is 2.18. The molecule has 1 aliphatic rings. The van der Waals surface area contributed by atoms with E-state index in [-0.39, 0.29) is 5.91 Å². The van der Waals surface area contributed by atoms with Crippen LogP contribution in [0.25, 0.3) is 10.9 Å². The molecular formula is C17H23N3O3. The number of amides is 1. The van der Waals surface area contributed by atoms with E-state index in [9.17, 15) is 4.79 Å². The summed E-state index contributed by atoms with van der Waals surface area (Å²) in [6.07, 6.45) is 0. The standard InChI is InChI=1S/C17H23N3O3/c1-12(20-5-7-23-8-6-20)11-18-17(21)16-9-13-3-4-14(22-2)10-15(13)19-16/h3-4,9-10,12,19H,5-8,11H2,1-2H3,(H,18,21). The van der Waals surface area contributed by atoms with Crippen LogP contribution in [0.5, 0.6) is 5.75 Å². The Balaban J connectivity index is 1.61. The van der Waals surface area contributed by atoms with Crippen molar-refractivity contribution in [2.24, 2.45) is 0 Å². The van der Waals surface area contributed by atoms with E-state index in [4.69, 9.17) is 9.47 Å². The number of rotatable bonds is 5. The molecule has 0 saturated carbocycles. The molecule has 0 radical (unpaired) electrons. The summed E-state index contributed by atoms with van der Waals surface area (Å²) in [4.78, 5) is 17.8. The molecule has 1 fully saturated rings. The third-order valence-corrected chi connectivity index (χ3v) is 4.30. The summed E-state index contributed by atoms with van der Waals surface area (Å²) in [6, 6.07) is 7.88. The highest BCUT2D eigenvalue weighted by molar-refractivity contribution is 5.98. The lowest BCUT2D eigenvalue weighted by atomic mass is 10.2. The minimum atomic E-state index is -0.0831. The lowest BCUT2D eigenvalue weighted by Gasteiger charge is -2.32. The summed E-state index contributed by atoms with van der Waals surface area (Å²) >= 11 is 0. The van der Waals surface area contributed by atoms with E-state index in [2.05, 4.69) is 22.1 Å². The van der Waals surface area contributed by atoms with Crippen LogP contribution in [-0.2, 0) is 4.74 Å². The van der Waals surface area contributed by atoms with E-state index in [1.165, 1.54) is 0 Å². The molecule has 3 rings (SSSR count). The average molecular weight is 317 g/mol. The Kier molecular flexibility index (Phi) is 4.83. The number of hydrogen-bond donors (Lipinski definition) is 2. The molecule has 1 amide bonds. The summed E-state index contributed by atoms with van der Waals surface area (Å²) in [5, 5.41) is 4.00. The number of carbonyl (C=O) groups is 1. The molecule has 2 heterocycles. The molecule has 1 aromatic heterocycles. The van der Waals surface area contributed by atoms with Gasteiger partial charge in [-0.1, -0.05) is 0 Å². The molecule has 6 nitrogen and oxygen atoms in total. The monoisotopic (exact) mass is 317 g/mol. The van der Waals surface area contributed by atoms with Gasteiger partial charge >= 0.3 is 0 Å². The fraction of sp³-hybridized carbons (Fsp3) is 0.471. The van der Waals surface area contributed by atoms with E-state index in [0.717, 1.165) is 43.0 Å². The molecule has 1 atom stereocenters. The van der Waals surface area contributed by atoms with Crippen molar-refractivity contribution in [2.75, 3.05) is 40.0 Å². The molecule has 23 heavy (non-hydrogen) atoms. The maximum Gasteiger partial charge on any atom is 0.267 e. The first-order valence-corrected chi connectivity index (χ1v) is 7.94. The average Bonchev–Trinajstić information content (AvgIpc) is 3.03. The fourth-order valence-electron chi connectivity index (χ4n) is 2.84. The van der Waals surface area contributed by atoms with Crippen molar-refractivity contribution in [3.63, 3.8) is 0 Å². The molecule has 124 valence electrons. The van der Waals surface area contributed by atoms with Gasteiger partial charge < -0.3 is 19.8 Å². The Labute approximate surface area is 135 Å². The summed E-state index contributed by atoms with van der Waals surface area (Å²) in [5.41, 5.74) is 1.47. The van der Waals surface area contributed by atoms with Gasteiger partial charge in [-0.05, 0) is 25.1 Å². The minimum Gasteiger partial charge on any atom is -0.497 e. The maximum absolute atomic E-state index is 12.3. The lowest BCUT2D eigenvalue weighted by Crippen LogP contribution is -2.47. The molecule has 2 aromatic rings. The van der Waals surface area contributed by atoms with Gasteiger partial charge in [0, 0.05) is 42.6 Å². The van der Waals surface area contributed by atoms with Crippen LogP contribution in [0.3, 0.4) is 0 Å². The molecule has 2 N–H and O–H groups in total. The van der Waals surface area contributed by atoms with Crippen LogP contribution in [0.2, 0.25) is 0 Å². The molecule has 0 aliphatic carbocycles. The van der Waals surface area contributed by atoms with Gasteiger partial charge in [0.05, 0.1) is 20.3 Å². The van der Waals surface area contributed by atoms with E-state index < -0.39 is 0 Å². The molecule has 6 heteroatoms. The number of aromatic amines is 1. The molecular weight excluding hydrogens is 294 g/mol. The number of benzene rings is 1. The molecule has 1 aromatic carbocycles. The van der Waals surface area contributed by atoms with Crippen LogP contribution >= 0.6 is 0 Å². The third-order valence-electron chi connectivity index (χ3n) is 4.30. The largest absolute Gasteiger partial charge is 0.497 e. The van der Waals surface area contributed by atoms with Crippen molar-refractivity contribution in [3.8, 4) is 5.75 Å². The van der Waals surface area contributed by atoms with Crippen LogP contribution in [0.15, 0.2) is 24.3 Å². The lowest BCUT2D eigenvalue weighted by molar-refractivity contribution is 0.0204. The highest BCUT2D eigenvalue weighted by Crippen LogP contribution is 2.21. The van der Waals surface area contributed by atoms with Crippen molar-refractivity contribution in [1.29, 1.82) is 0 Å². The second kappa shape index (κ2) is 7.02. The van der Waals surface area contributed by atoms with Crippen molar-refractivity contribution in [1.82, 2.24) is 15.2 Å². The van der Waals surface area contributed by atoms with E-state index >= 15 is 0 Å². The Bertz CT molecular complexity index is 677. The van der Waals surface area contributed by atoms with Crippen LogP contribution in [0.1, 0.15) is 17.4 Å². The summed E-state index contributed by atoms with van der Waals surface area (Å²) in [7, 11) is 1.63. The summed E-state index contributed by atoms with van der Waals surface area (Å²) in [5.74, 6) is 0.688. The van der Waals surface area contributed by atoms with Crippen molar-refractivity contribution >= 4 is 16.8 Å². The number of carbonyl (C=O) groups excluding carboxylic acids is 1. The van der Waals surface area contributed by atoms with Crippen LogP contribution in [0.4, 0.5) is 0 Å². The van der Waals surface area contributed by atoms with Gasteiger partial charge in [0.25, 0.3) is 5.91 Å². The zero-order valence-electron chi connectivity index (χ0n) is 13.6. The Morgan fingerprint density at radius 1 is 1.39 bits per heavy atom. The molecule has 1 unspecified atom stereocenters. The van der Waals surface area contributed by atoms with Crippen molar-refractivity contribution < 1.29 is 14.3 Å². The maximum atomic E-state index is 12.3. The van der Waals surface area contributed by atoms with E-state index in [1.54, 1.807) is 7.11 Å². The van der Waals surface area contributed by atoms with Gasteiger partial charge in [0.1, 0.15) is 11.4 Å². The zero-order valence-corrected chi connectivity index (χ0v) is 13.6. The smallest absolute Gasteiger partial charge is 0.267 e. The number of aromatic nitrogens is 1. The molecule has 1 saturated heterocycles. The Hall–Kier alpha value is -2.05. The van der Waals surface area contributed by atoms with Gasteiger partial charge in [0.2, 0.25) is 0 Å². The third kappa shape index (κ3) is 3.65. The minimum absolute atomic E-state index is 0.0831. The van der Waals surface area contributed by atoms with Gasteiger partial charge in [-0.3, -0.25) is 9.69 Å². The van der Waals surface area contributed by atoms with E-state index in [0.29, 0.717) is 18.3 Å². The zero-order chi connectivity index (χ0) is 16.2.